The molecule has 1 aliphatic rings. The molecule has 1 aromatic rings. The van der Waals surface area contributed by atoms with E-state index in [1.54, 1.807) is 0 Å². The smallest absolute Gasteiger partial charge is 0.261 e. The van der Waals surface area contributed by atoms with Crippen LogP contribution in [0, 0.1) is 5.41 Å². The predicted molar refractivity (Wildman–Crippen MR) is 99.5 cm³/mol. The molecule has 1 N–H and O–H groups in total. The summed E-state index contributed by atoms with van der Waals surface area (Å²) in [6, 6.07) is 6.25. The Morgan fingerprint density at radius 3 is 2.38 bits per heavy atom. The van der Waals surface area contributed by atoms with Crippen molar-refractivity contribution < 1.29 is 9.53 Å². The van der Waals surface area contributed by atoms with Gasteiger partial charge in [0, 0.05) is 5.54 Å². The van der Waals surface area contributed by atoms with Crippen molar-refractivity contribution in [3.8, 4) is 5.75 Å². The van der Waals surface area contributed by atoms with E-state index in [2.05, 4.69) is 52.1 Å². The molecule has 1 aromatic carbocycles. The zero-order chi connectivity index (χ0) is 18.0. The van der Waals surface area contributed by atoms with Gasteiger partial charge in [-0.3, -0.25) is 4.79 Å². The quantitative estimate of drug-likeness (QED) is 0.852. The molecule has 0 heterocycles. The molecule has 0 saturated carbocycles. The molecule has 0 spiro atoms. The molecule has 1 aliphatic carbocycles. The molecule has 1 atom stereocenters. The zero-order valence-electron chi connectivity index (χ0n) is 16.2. The lowest BCUT2D eigenvalue weighted by Crippen LogP contribution is -2.50. The third kappa shape index (κ3) is 5.54. The summed E-state index contributed by atoms with van der Waals surface area (Å²) in [5, 5.41) is 3.13. The van der Waals surface area contributed by atoms with Crippen LogP contribution in [-0.2, 0) is 17.6 Å². The van der Waals surface area contributed by atoms with Crippen LogP contribution in [0.15, 0.2) is 18.2 Å². The number of aryl methyl sites for hydroxylation is 2. The third-order valence-corrected chi connectivity index (χ3v) is 4.44. The number of amides is 1. The standard InChI is InChI=1S/C21H33NO2/c1-15(19(23)22-21(5,6)14-20(2,3)4)24-18-12-11-16-9-7-8-10-17(16)13-18/h11-13,15H,7-10,14H2,1-6H3,(H,22,23)/t15-/m1/s1. The maximum atomic E-state index is 12.5. The largest absolute Gasteiger partial charge is 0.481 e. The van der Waals surface area contributed by atoms with Crippen LogP contribution in [0.5, 0.6) is 5.75 Å². The van der Waals surface area contributed by atoms with E-state index in [0.717, 1.165) is 25.0 Å². The number of ether oxygens (including phenoxy) is 1. The Morgan fingerprint density at radius 2 is 1.75 bits per heavy atom. The Kier molecular flexibility index (Phi) is 5.62. The molecule has 0 bridgehead atoms. The maximum absolute atomic E-state index is 12.5. The lowest BCUT2D eigenvalue weighted by molar-refractivity contribution is -0.129. The van der Waals surface area contributed by atoms with Crippen LogP contribution in [0.3, 0.4) is 0 Å². The Morgan fingerprint density at radius 1 is 1.12 bits per heavy atom. The van der Waals surface area contributed by atoms with Crippen LogP contribution in [0.1, 0.15) is 71.9 Å². The first-order valence-electron chi connectivity index (χ1n) is 9.16. The molecular weight excluding hydrogens is 298 g/mol. The fourth-order valence-electron chi connectivity index (χ4n) is 3.85. The number of carbonyl (C=O) groups is 1. The fraction of sp³-hybridized carbons (Fsp3) is 0.667. The van der Waals surface area contributed by atoms with Gasteiger partial charge in [0.05, 0.1) is 0 Å². The van der Waals surface area contributed by atoms with Crippen LogP contribution in [0.4, 0.5) is 0 Å². The van der Waals surface area contributed by atoms with Crippen molar-refractivity contribution in [3.05, 3.63) is 29.3 Å². The van der Waals surface area contributed by atoms with Gasteiger partial charge in [-0.15, -0.1) is 0 Å². The molecule has 0 radical (unpaired) electrons. The maximum Gasteiger partial charge on any atom is 0.261 e. The van der Waals surface area contributed by atoms with Gasteiger partial charge in [0.2, 0.25) is 0 Å². The second kappa shape index (κ2) is 7.16. The summed E-state index contributed by atoms with van der Waals surface area (Å²) >= 11 is 0. The highest BCUT2D eigenvalue weighted by Crippen LogP contribution is 2.28. The van der Waals surface area contributed by atoms with Gasteiger partial charge in [0.15, 0.2) is 6.10 Å². The summed E-state index contributed by atoms with van der Waals surface area (Å²) in [5.41, 5.74) is 2.72. The van der Waals surface area contributed by atoms with Crippen molar-refractivity contribution in [2.75, 3.05) is 0 Å². The average molecular weight is 332 g/mol. The minimum Gasteiger partial charge on any atom is -0.481 e. The molecule has 2 rings (SSSR count). The number of nitrogens with one attached hydrogen (secondary N) is 1. The summed E-state index contributed by atoms with van der Waals surface area (Å²) in [5.74, 6) is 0.744. The van der Waals surface area contributed by atoms with Crippen LogP contribution >= 0.6 is 0 Å². The van der Waals surface area contributed by atoms with E-state index in [-0.39, 0.29) is 16.9 Å². The summed E-state index contributed by atoms with van der Waals surface area (Å²) in [6.07, 6.45) is 5.21. The summed E-state index contributed by atoms with van der Waals surface area (Å²) in [4.78, 5) is 12.5. The summed E-state index contributed by atoms with van der Waals surface area (Å²) in [7, 11) is 0. The van der Waals surface area contributed by atoms with E-state index in [9.17, 15) is 4.79 Å². The fourth-order valence-corrected chi connectivity index (χ4v) is 3.85. The summed E-state index contributed by atoms with van der Waals surface area (Å²) < 4.78 is 5.91. The molecule has 24 heavy (non-hydrogen) atoms. The molecule has 3 nitrogen and oxygen atoms in total. The van der Waals surface area contributed by atoms with Gasteiger partial charge in [-0.05, 0) is 81.5 Å². The van der Waals surface area contributed by atoms with Gasteiger partial charge in [-0.2, -0.15) is 0 Å². The number of rotatable bonds is 5. The van der Waals surface area contributed by atoms with Crippen molar-refractivity contribution in [2.45, 2.75) is 85.3 Å². The minimum atomic E-state index is -0.495. The number of hydrogen-bond donors (Lipinski definition) is 1. The Hall–Kier alpha value is -1.51. The third-order valence-electron chi connectivity index (χ3n) is 4.44. The van der Waals surface area contributed by atoms with Crippen LogP contribution in [0.2, 0.25) is 0 Å². The molecule has 0 aromatic heterocycles. The molecule has 134 valence electrons. The molecule has 0 aliphatic heterocycles. The topological polar surface area (TPSA) is 38.3 Å². The highest BCUT2D eigenvalue weighted by Gasteiger charge is 2.29. The second-order valence-corrected chi connectivity index (χ2v) is 9.01. The lowest BCUT2D eigenvalue weighted by Gasteiger charge is -2.34. The van der Waals surface area contributed by atoms with Crippen LogP contribution in [0.25, 0.3) is 0 Å². The first-order chi connectivity index (χ1) is 11.1. The minimum absolute atomic E-state index is 0.0537. The number of hydrogen-bond acceptors (Lipinski definition) is 2. The normalized spacial score (nSPS) is 16.2. The second-order valence-electron chi connectivity index (χ2n) is 9.01. The van der Waals surface area contributed by atoms with Crippen LogP contribution in [-0.4, -0.2) is 17.6 Å². The van der Waals surface area contributed by atoms with Crippen LogP contribution < -0.4 is 10.1 Å². The molecule has 1 amide bonds. The molecule has 0 unspecified atom stereocenters. The highest BCUT2D eigenvalue weighted by molar-refractivity contribution is 5.81. The first kappa shape index (κ1) is 18.8. The zero-order valence-corrected chi connectivity index (χ0v) is 16.2. The first-order valence-corrected chi connectivity index (χ1v) is 9.16. The van der Waals surface area contributed by atoms with Gasteiger partial charge >= 0.3 is 0 Å². The molecule has 0 saturated heterocycles. The number of benzene rings is 1. The molecule has 0 fully saturated rings. The van der Waals surface area contributed by atoms with Gasteiger partial charge in [-0.1, -0.05) is 26.8 Å². The molecular formula is C21H33NO2. The molecule has 3 heteroatoms. The van der Waals surface area contributed by atoms with E-state index in [1.807, 2.05) is 13.0 Å². The van der Waals surface area contributed by atoms with Crippen molar-refractivity contribution in [3.63, 3.8) is 0 Å². The van der Waals surface area contributed by atoms with Gasteiger partial charge in [0.25, 0.3) is 5.91 Å². The SMILES string of the molecule is C[C@@H](Oc1ccc2c(c1)CCCC2)C(=O)NC(C)(C)CC(C)(C)C. The van der Waals surface area contributed by atoms with E-state index < -0.39 is 6.10 Å². The van der Waals surface area contributed by atoms with E-state index >= 15 is 0 Å². The Balaban J connectivity index is 1.96. The Bertz CT molecular complexity index is 584. The number of carbonyl (C=O) groups excluding carboxylic acids is 1. The van der Waals surface area contributed by atoms with E-state index in [0.29, 0.717) is 0 Å². The van der Waals surface area contributed by atoms with Crippen molar-refractivity contribution in [2.24, 2.45) is 5.41 Å². The van der Waals surface area contributed by atoms with Gasteiger partial charge in [-0.25, -0.2) is 0 Å². The van der Waals surface area contributed by atoms with Gasteiger partial charge < -0.3 is 10.1 Å². The average Bonchev–Trinajstić information content (AvgIpc) is 2.43. The Labute approximate surface area is 147 Å². The van der Waals surface area contributed by atoms with Crippen molar-refractivity contribution >= 4 is 5.91 Å². The van der Waals surface area contributed by atoms with Crippen molar-refractivity contribution in [1.82, 2.24) is 5.32 Å². The van der Waals surface area contributed by atoms with Crippen molar-refractivity contribution in [1.29, 1.82) is 0 Å². The lowest BCUT2D eigenvalue weighted by atomic mass is 9.81. The number of fused-ring (bicyclic) bond motifs is 1. The predicted octanol–water partition coefficient (Wildman–Crippen LogP) is 4.66. The highest BCUT2D eigenvalue weighted by atomic mass is 16.5. The van der Waals surface area contributed by atoms with E-state index in [1.165, 1.54) is 24.0 Å². The summed E-state index contributed by atoms with van der Waals surface area (Å²) in [6.45, 7) is 12.5. The van der Waals surface area contributed by atoms with E-state index in [4.69, 9.17) is 4.74 Å². The monoisotopic (exact) mass is 331 g/mol. The van der Waals surface area contributed by atoms with Gasteiger partial charge in [0.1, 0.15) is 5.75 Å².